The lowest BCUT2D eigenvalue weighted by Crippen LogP contribution is -2.30. The van der Waals surface area contributed by atoms with E-state index in [0.717, 1.165) is 0 Å². The number of carbonyl (C=O) groups excluding carboxylic acids is 1. The first-order valence-electron chi connectivity index (χ1n) is 8.26. The number of nitrogens with zero attached hydrogens (tertiary/aromatic N) is 1. The molecule has 0 aromatic heterocycles. The molecule has 0 radical (unpaired) electrons. The minimum atomic E-state index is -3.64. The molecule has 0 saturated heterocycles. The molecule has 1 aromatic rings. The van der Waals surface area contributed by atoms with Crippen LogP contribution in [0.25, 0.3) is 0 Å². The highest BCUT2D eigenvalue weighted by molar-refractivity contribution is 7.89. The quantitative estimate of drug-likeness (QED) is 0.701. The summed E-state index contributed by atoms with van der Waals surface area (Å²) in [7, 11) is -3.64. The van der Waals surface area contributed by atoms with Crippen LogP contribution in [0.1, 0.15) is 41.0 Å². The lowest BCUT2D eigenvalue weighted by atomic mass is 9.94. The maximum Gasteiger partial charge on any atom is 0.243 e. The molecule has 0 aliphatic heterocycles. The van der Waals surface area contributed by atoms with Crippen molar-refractivity contribution in [3.63, 3.8) is 0 Å². The number of amides is 1. The average Bonchev–Trinajstić information content (AvgIpc) is 2.49. The molecule has 1 unspecified atom stereocenters. The van der Waals surface area contributed by atoms with Crippen molar-refractivity contribution in [2.24, 2.45) is 11.8 Å². The van der Waals surface area contributed by atoms with Crippen LogP contribution in [-0.4, -0.2) is 36.8 Å². The summed E-state index contributed by atoms with van der Waals surface area (Å²) >= 11 is 0. The number of anilines is 1. The van der Waals surface area contributed by atoms with Crippen molar-refractivity contribution < 1.29 is 18.3 Å². The monoisotopic (exact) mass is 356 g/mol. The van der Waals surface area contributed by atoms with Crippen molar-refractivity contribution in [3.8, 4) is 5.75 Å². The largest absolute Gasteiger partial charge is 0.506 e. The number of phenolic OH excluding ortho intramolecular Hbond substituents is 1. The van der Waals surface area contributed by atoms with Gasteiger partial charge in [0.25, 0.3) is 0 Å². The highest BCUT2D eigenvalue weighted by atomic mass is 32.2. The Morgan fingerprint density at radius 1 is 1.21 bits per heavy atom. The highest BCUT2D eigenvalue weighted by Gasteiger charge is 2.23. The van der Waals surface area contributed by atoms with Crippen molar-refractivity contribution in [2.75, 3.05) is 18.4 Å². The van der Waals surface area contributed by atoms with Gasteiger partial charge >= 0.3 is 0 Å². The van der Waals surface area contributed by atoms with Crippen LogP contribution in [-0.2, 0) is 14.8 Å². The van der Waals surface area contributed by atoms with E-state index in [2.05, 4.69) is 5.32 Å². The lowest BCUT2D eigenvalue weighted by molar-refractivity contribution is -0.117. The van der Waals surface area contributed by atoms with E-state index in [1.165, 1.54) is 22.5 Å². The minimum Gasteiger partial charge on any atom is -0.506 e. The molecular formula is C17H28N2O4S. The number of phenols is 1. The number of hydrogen-bond donors (Lipinski definition) is 2. The fraction of sp³-hybridized carbons (Fsp3) is 0.588. The predicted molar refractivity (Wildman–Crippen MR) is 95.5 cm³/mol. The Balaban J connectivity index is 3.05. The third kappa shape index (κ3) is 4.95. The summed E-state index contributed by atoms with van der Waals surface area (Å²) in [6.45, 7) is 10.3. The van der Waals surface area contributed by atoms with Crippen LogP contribution in [0.2, 0.25) is 0 Å². The van der Waals surface area contributed by atoms with Gasteiger partial charge in [0.05, 0.1) is 10.6 Å². The van der Waals surface area contributed by atoms with Gasteiger partial charge in [0.15, 0.2) is 0 Å². The molecule has 6 nitrogen and oxygen atoms in total. The third-order valence-corrected chi connectivity index (χ3v) is 6.28. The van der Waals surface area contributed by atoms with Crippen LogP contribution in [0.5, 0.6) is 5.75 Å². The summed E-state index contributed by atoms with van der Waals surface area (Å²) in [5, 5.41) is 12.5. The Labute approximate surface area is 144 Å². The summed E-state index contributed by atoms with van der Waals surface area (Å²) < 4.78 is 26.4. The predicted octanol–water partition coefficient (Wildman–Crippen LogP) is 3.04. The van der Waals surface area contributed by atoms with Crippen LogP contribution in [0, 0.1) is 11.8 Å². The van der Waals surface area contributed by atoms with Gasteiger partial charge in [-0.05, 0) is 30.0 Å². The first-order valence-corrected chi connectivity index (χ1v) is 9.70. The molecule has 1 aromatic carbocycles. The van der Waals surface area contributed by atoms with Crippen molar-refractivity contribution in [3.05, 3.63) is 18.2 Å². The number of hydrogen-bond acceptors (Lipinski definition) is 4. The number of aromatic hydroxyl groups is 1. The summed E-state index contributed by atoms with van der Waals surface area (Å²) in [5.74, 6) is 0.149. The van der Waals surface area contributed by atoms with Crippen LogP contribution in [0.3, 0.4) is 0 Å². The molecule has 2 N–H and O–H groups in total. The van der Waals surface area contributed by atoms with E-state index >= 15 is 0 Å². The van der Waals surface area contributed by atoms with Crippen LogP contribution in [0.4, 0.5) is 5.69 Å². The molecule has 0 bridgehead atoms. The molecular weight excluding hydrogens is 328 g/mol. The number of nitrogens with one attached hydrogen (secondary N) is 1. The Morgan fingerprint density at radius 2 is 1.79 bits per heavy atom. The topological polar surface area (TPSA) is 86.7 Å². The molecule has 24 heavy (non-hydrogen) atoms. The van der Waals surface area contributed by atoms with E-state index in [1.807, 2.05) is 20.8 Å². The zero-order valence-corrected chi connectivity index (χ0v) is 15.9. The fourth-order valence-corrected chi connectivity index (χ4v) is 3.70. The first-order chi connectivity index (χ1) is 11.1. The summed E-state index contributed by atoms with van der Waals surface area (Å²) in [4.78, 5) is 12.2. The number of sulfonamides is 1. The zero-order valence-electron chi connectivity index (χ0n) is 15.0. The third-order valence-electron chi connectivity index (χ3n) is 4.23. The van der Waals surface area contributed by atoms with Crippen molar-refractivity contribution in [1.82, 2.24) is 4.31 Å². The second-order valence-corrected chi connectivity index (χ2v) is 8.18. The number of rotatable bonds is 8. The first kappa shape index (κ1) is 20.4. The maximum atomic E-state index is 12.5. The molecule has 136 valence electrons. The minimum absolute atomic E-state index is 0.0520. The molecule has 0 spiro atoms. The lowest BCUT2D eigenvalue weighted by Gasteiger charge is -2.19. The van der Waals surface area contributed by atoms with Gasteiger partial charge < -0.3 is 10.4 Å². The maximum absolute atomic E-state index is 12.5. The van der Waals surface area contributed by atoms with Gasteiger partial charge in [-0.1, -0.05) is 34.6 Å². The summed E-state index contributed by atoms with van der Waals surface area (Å²) in [6.07, 6.45) is 0.310. The summed E-state index contributed by atoms with van der Waals surface area (Å²) in [6, 6.07) is 3.94. The van der Waals surface area contributed by atoms with Crippen molar-refractivity contribution in [2.45, 2.75) is 45.9 Å². The standard InChI is InChI=1S/C17H28N2O4S/c1-6-19(7-2)24(22,23)14-8-9-16(20)15(11-14)18-17(21)10-13(5)12(3)4/h8-9,11-13,20H,6-7,10H2,1-5H3,(H,18,21). The van der Waals surface area contributed by atoms with Gasteiger partial charge in [-0.3, -0.25) is 4.79 Å². The fourth-order valence-electron chi connectivity index (χ4n) is 2.22. The normalized spacial score (nSPS) is 13.3. The van der Waals surface area contributed by atoms with Crippen LogP contribution < -0.4 is 5.32 Å². The van der Waals surface area contributed by atoms with Crippen LogP contribution in [0.15, 0.2) is 23.1 Å². The molecule has 0 saturated carbocycles. The van der Waals surface area contributed by atoms with E-state index in [1.54, 1.807) is 13.8 Å². The SMILES string of the molecule is CCN(CC)S(=O)(=O)c1ccc(O)c(NC(=O)CC(C)C(C)C)c1. The number of benzene rings is 1. The second-order valence-electron chi connectivity index (χ2n) is 6.24. The Kier molecular flexibility index (Phi) is 7.23. The Bertz CT molecular complexity index is 667. The van der Waals surface area contributed by atoms with E-state index in [4.69, 9.17) is 0 Å². The second kappa shape index (κ2) is 8.48. The summed E-state index contributed by atoms with van der Waals surface area (Å²) in [5.41, 5.74) is 0.115. The van der Waals surface area contributed by atoms with Crippen LogP contribution >= 0.6 is 0 Å². The molecule has 0 fully saturated rings. The molecule has 1 amide bonds. The Hall–Kier alpha value is -1.60. The highest BCUT2D eigenvalue weighted by Crippen LogP contribution is 2.28. The van der Waals surface area contributed by atoms with Gasteiger partial charge in [0.2, 0.25) is 15.9 Å². The average molecular weight is 356 g/mol. The molecule has 1 atom stereocenters. The molecule has 0 heterocycles. The van der Waals surface area contributed by atoms with E-state index in [0.29, 0.717) is 25.4 Å². The molecule has 7 heteroatoms. The Morgan fingerprint density at radius 3 is 2.29 bits per heavy atom. The smallest absolute Gasteiger partial charge is 0.243 e. The van der Waals surface area contributed by atoms with Gasteiger partial charge in [0, 0.05) is 19.5 Å². The van der Waals surface area contributed by atoms with E-state index in [-0.39, 0.29) is 28.2 Å². The van der Waals surface area contributed by atoms with E-state index < -0.39 is 10.0 Å². The number of carbonyl (C=O) groups is 1. The molecule has 1 rings (SSSR count). The van der Waals surface area contributed by atoms with Crippen molar-refractivity contribution in [1.29, 1.82) is 0 Å². The van der Waals surface area contributed by atoms with Gasteiger partial charge in [-0.2, -0.15) is 4.31 Å². The molecule has 0 aliphatic rings. The zero-order chi connectivity index (χ0) is 18.5. The van der Waals surface area contributed by atoms with Gasteiger partial charge in [0.1, 0.15) is 5.75 Å². The van der Waals surface area contributed by atoms with Crippen molar-refractivity contribution >= 4 is 21.6 Å². The van der Waals surface area contributed by atoms with Gasteiger partial charge in [-0.15, -0.1) is 0 Å². The van der Waals surface area contributed by atoms with E-state index in [9.17, 15) is 18.3 Å². The molecule has 0 aliphatic carbocycles. The van der Waals surface area contributed by atoms with Gasteiger partial charge in [-0.25, -0.2) is 8.42 Å².